The summed E-state index contributed by atoms with van der Waals surface area (Å²) in [7, 11) is 0. The molecule has 10 heteroatoms. The van der Waals surface area contributed by atoms with Crippen LogP contribution < -0.4 is 30.2 Å². The molecule has 5 aliphatic rings. The first kappa shape index (κ1) is 74.2. The second kappa shape index (κ2) is 34.6. The summed E-state index contributed by atoms with van der Waals surface area (Å²) in [5, 5.41) is 11.1. The van der Waals surface area contributed by atoms with Crippen LogP contribution in [0.3, 0.4) is 0 Å². The number of nitrogens with one attached hydrogen (secondary N) is 3. The smallest absolute Gasteiger partial charge is 0.122 e. The molecule has 8 aromatic rings. The Morgan fingerprint density at radius 2 is 0.781 bits per heavy atom. The van der Waals surface area contributed by atoms with Gasteiger partial charge in [-0.3, -0.25) is 9.80 Å². The van der Waals surface area contributed by atoms with E-state index in [2.05, 4.69) is 300 Å². The van der Waals surface area contributed by atoms with Crippen molar-refractivity contribution in [1.29, 1.82) is 0 Å². The van der Waals surface area contributed by atoms with Gasteiger partial charge < -0.3 is 30.2 Å². The average Bonchev–Trinajstić information content (AvgIpc) is 0.809. The van der Waals surface area contributed by atoms with Crippen molar-refractivity contribution < 1.29 is 14.2 Å². The van der Waals surface area contributed by atoms with Crippen LogP contribution in [0.15, 0.2) is 150 Å². The van der Waals surface area contributed by atoms with Gasteiger partial charge in [0.25, 0.3) is 0 Å². The summed E-state index contributed by atoms with van der Waals surface area (Å²) in [4.78, 5) is 5.11. The maximum atomic E-state index is 6.27. The number of fused-ring (bicyclic) bond motifs is 2. The molecule has 3 fully saturated rings. The van der Waals surface area contributed by atoms with Crippen LogP contribution in [0.1, 0.15) is 147 Å². The Kier molecular flexibility index (Phi) is 26.7. The molecule has 5 heterocycles. The third-order valence-electron chi connectivity index (χ3n) is 21.0. The van der Waals surface area contributed by atoms with E-state index in [1.807, 2.05) is 0 Å². The van der Waals surface area contributed by atoms with Gasteiger partial charge in [0.15, 0.2) is 0 Å². The minimum absolute atomic E-state index is 0.368. The summed E-state index contributed by atoms with van der Waals surface area (Å²) in [6.07, 6.45) is 9.39. The lowest BCUT2D eigenvalue weighted by molar-refractivity contribution is 0.0122. The fourth-order valence-corrected chi connectivity index (χ4v) is 14.2. The zero-order valence-corrected chi connectivity index (χ0v) is 63.8. The van der Waals surface area contributed by atoms with Crippen molar-refractivity contribution in [2.75, 3.05) is 71.0 Å². The lowest BCUT2D eigenvalue weighted by atomic mass is 9.89. The van der Waals surface area contributed by atoms with Crippen LogP contribution in [0.25, 0.3) is 44.5 Å². The number of likely N-dealkylation sites (tertiary alicyclic amines) is 2. The van der Waals surface area contributed by atoms with Crippen molar-refractivity contribution in [2.24, 2.45) is 0 Å². The SMILES string of the molecule is Brc1ccc2c(c1)CCNC2.CC1(C)CCN1.Cc1c(OCCCN2CCC2(C)C)cccc1-c1cccc(-c2ccc3c(c2)CCNC3)c1C.Cc1cccc(-c2cccc(OCCCBr)c2C)c1C.Cc1cccc(-c2cccc(OCCCN3CCC3(C)C)c2C)c1C. The van der Waals surface area contributed by atoms with E-state index < -0.39 is 0 Å². The number of rotatable bonds is 18. The second-order valence-corrected chi connectivity index (χ2v) is 30.7. The van der Waals surface area contributed by atoms with Gasteiger partial charge in [0, 0.05) is 65.7 Å². The van der Waals surface area contributed by atoms with Crippen molar-refractivity contribution in [3.8, 4) is 61.8 Å². The minimum atomic E-state index is 0.368. The summed E-state index contributed by atoms with van der Waals surface area (Å²) >= 11 is 6.90. The Hall–Kier alpha value is -6.08. The molecular formula is C86H111Br2N5O3. The van der Waals surface area contributed by atoms with Gasteiger partial charge >= 0.3 is 0 Å². The zero-order chi connectivity index (χ0) is 68.6. The number of halogens is 2. The lowest BCUT2D eigenvalue weighted by Crippen LogP contribution is -2.55. The molecule has 96 heavy (non-hydrogen) atoms. The van der Waals surface area contributed by atoms with E-state index in [9.17, 15) is 0 Å². The summed E-state index contributed by atoms with van der Waals surface area (Å²) in [5.74, 6) is 3.01. The van der Waals surface area contributed by atoms with E-state index in [1.165, 1.54) is 155 Å². The van der Waals surface area contributed by atoms with Gasteiger partial charge in [-0.1, -0.05) is 147 Å². The Labute approximate surface area is 595 Å². The highest BCUT2D eigenvalue weighted by Crippen LogP contribution is 2.39. The Morgan fingerprint density at radius 1 is 0.406 bits per heavy atom. The summed E-state index contributed by atoms with van der Waals surface area (Å²) in [6, 6.07) is 52.4. The highest BCUT2D eigenvalue weighted by molar-refractivity contribution is 9.10. The van der Waals surface area contributed by atoms with E-state index in [0.717, 1.165) is 114 Å². The molecule has 3 saturated heterocycles. The molecule has 0 amide bonds. The first-order valence-electron chi connectivity index (χ1n) is 35.6. The average molecular weight is 1420 g/mol. The van der Waals surface area contributed by atoms with Crippen molar-refractivity contribution in [3.63, 3.8) is 0 Å². The standard InChI is InChI=1S/C31H38N2O.C23H31NO.C18H21BrO.C9H10BrN.C5H11N/c1-22-27(25-12-13-26-21-32-16-14-24(26)20-25)8-5-9-28(22)29-10-6-11-30(23(29)2)34-19-7-17-33-18-15-31(33,3)4;1-17-9-6-10-20(18(17)2)21-11-7-12-22(19(21)3)25-16-8-14-24-15-13-23(24,4)5;1-13-7-4-8-16(14(13)2)17-9-5-10-18(15(17)3)20-12-6-11-19;10-9-2-1-8-6-11-4-3-7(8)5-9;1-5(2)3-4-6-5/h5-6,8-13,20,32H,7,14-19,21H2,1-4H3;6-7,9-12H,8,13-16H2,1-5H3;4-5,7-10H,6,11-12H2,1-3H3;1-2,5,11H,3-4,6H2;6H,3-4H2,1-2H3. The van der Waals surface area contributed by atoms with E-state index in [4.69, 9.17) is 14.2 Å². The van der Waals surface area contributed by atoms with Crippen LogP contribution in [0.4, 0.5) is 0 Å². The topological polar surface area (TPSA) is 70.3 Å². The highest BCUT2D eigenvalue weighted by atomic mass is 79.9. The number of hydrogen-bond donors (Lipinski definition) is 3. The summed E-state index contributed by atoms with van der Waals surface area (Å²) in [5.41, 5.74) is 27.8. The van der Waals surface area contributed by atoms with E-state index in [1.54, 1.807) is 0 Å². The van der Waals surface area contributed by atoms with Crippen LogP contribution in [0, 0.1) is 55.4 Å². The third kappa shape index (κ3) is 19.4. The molecular weight excluding hydrogens is 1310 g/mol. The van der Waals surface area contributed by atoms with Crippen LogP contribution in [-0.2, 0) is 25.9 Å². The highest BCUT2D eigenvalue weighted by Gasteiger charge is 2.36. The molecule has 8 aromatic carbocycles. The number of nitrogens with zero attached hydrogens (tertiary/aromatic N) is 2. The fourth-order valence-electron chi connectivity index (χ4n) is 13.6. The summed E-state index contributed by atoms with van der Waals surface area (Å²) in [6.45, 7) is 43.6. The maximum Gasteiger partial charge on any atom is 0.122 e. The monoisotopic (exact) mass is 1420 g/mol. The van der Waals surface area contributed by atoms with E-state index >= 15 is 0 Å². The maximum absolute atomic E-state index is 6.27. The number of benzene rings is 8. The molecule has 0 aromatic heterocycles. The largest absolute Gasteiger partial charge is 0.493 e. The van der Waals surface area contributed by atoms with Crippen LogP contribution in [0.5, 0.6) is 17.2 Å². The first-order chi connectivity index (χ1) is 46.1. The van der Waals surface area contributed by atoms with Crippen LogP contribution in [0.2, 0.25) is 0 Å². The molecule has 0 atom stereocenters. The number of ether oxygens (including phenoxy) is 3. The number of alkyl halides is 1. The van der Waals surface area contributed by atoms with Gasteiger partial charge in [-0.05, 0) is 310 Å². The van der Waals surface area contributed by atoms with Crippen molar-refractivity contribution in [1.82, 2.24) is 25.8 Å². The van der Waals surface area contributed by atoms with Gasteiger partial charge in [-0.25, -0.2) is 0 Å². The molecule has 5 aliphatic heterocycles. The third-order valence-corrected chi connectivity index (χ3v) is 22.0. The molecule has 0 unspecified atom stereocenters. The van der Waals surface area contributed by atoms with Gasteiger partial charge in [0.1, 0.15) is 17.2 Å². The molecule has 0 radical (unpaired) electrons. The fraction of sp³-hybridized carbons (Fsp3) is 0.442. The zero-order valence-electron chi connectivity index (χ0n) is 60.6. The van der Waals surface area contributed by atoms with E-state index in [-0.39, 0.29) is 0 Å². The van der Waals surface area contributed by atoms with Gasteiger partial charge in [0.05, 0.1) is 19.8 Å². The quantitative estimate of drug-likeness (QED) is 0.0580. The molecule has 512 valence electrons. The molecule has 0 aliphatic carbocycles. The normalized spacial score (nSPS) is 16.2. The van der Waals surface area contributed by atoms with Crippen LogP contribution >= 0.6 is 31.9 Å². The van der Waals surface area contributed by atoms with Crippen molar-refractivity contribution in [2.45, 2.75) is 178 Å². The van der Waals surface area contributed by atoms with Gasteiger partial charge in [0.2, 0.25) is 0 Å². The van der Waals surface area contributed by atoms with Gasteiger partial charge in [-0.15, -0.1) is 0 Å². The number of hydrogen-bond acceptors (Lipinski definition) is 8. The molecule has 0 saturated carbocycles. The predicted molar refractivity (Wildman–Crippen MR) is 415 cm³/mol. The molecule has 3 N–H and O–H groups in total. The van der Waals surface area contributed by atoms with E-state index in [0.29, 0.717) is 16.6 Å². The molecule has 13 rings (SSSR count). The molecule has 0 spiro atoms. The Morgan fingerprint density at radius 3 is 1.18 bits per heavy atom. The Bertz CT molecular complexity index is 3860. The molecule has 0 bridgehead atoms. The van der Waals surface area contributed by atoms with Gasteiger partial charge in [-0.2, -0.15) is 0 Å². The first-order valence-corrected chi connectivity index (χ1v) is 37.5. The number of aryl methyl sites for hydroxylation is 2. The second-order valence-electron chi connectivity index (χ2n) is 29.0. The summed E-state index contributed by atoms with van der Waals surface area (Å²) < 4.78 is 19.5. The minimum Gasteiger partial charge on any atom is -0.493 e. The molecule has 8 nitrogen and oxygen atoms in total. The van der Waals surface area contributed by atoms with Crippen molar-refractivity contribution >= 4 is 31.9 Å². The predicted octanol–water partition coefficient (Wildman–Crippen LogP) is 20.4. The van der Waals surface area contributed by atoms with Crippen LogP contribution in [-0.4, -0.2) is 97.4 Å². The Balaban J connectivity index is 0.000000154. The lowest BCUT2D eigenvalue weighted by Gasteiger charge is -2.48. The van der Waals surface area contributed by atoms with Crippen molar-refractivity contribution in [3.05, 3.63) is 217 Å².